The zero-order valence-electron chi connectivity index (χ0n) is 12.9. The van der Waals surface area contributed by atoms with Crippen LogP contribution >= 0.6 is 15.9 Å². The van der Waals surface area contributed by atoms with Gasteiger partial charge in [-0.1, -0.05) is 61.0 Å². The lowest BCUT2D eigenvalue weighted by Gasteiger charge is -2.30. The summed E-state index contributed by atoms with van der Waals surface area (Å²) in [7, 11) is 0. The molecule has 1 N–H and O–H groups in total. The fourth-order valence-electron chi connectivity index (χ4n) is 3.41. The van der Waals surface area contributed by atoms with Gasteiger partial charge in [0.15, 0.2) is 0 Å². The molecule has 0 saturated heterocycles. The van der Waals surface area contributed by atoms with Gasteiger partial charge in [0.2, 0.25) is 0 Å². The molecule has 2 aromatic carbocycles. The largest absolute Gasteiger partial charge is 0.377 e. The first-order valence-corrected chi connectivity index (χ1v) is 8.43. The Morgan fingerprint density at radius 2 is 1.95 bits per heavy atom. The summed E-state index contributed by atoms with van der Waals surface area (Å²) in [5.74, 6) is 0. The summed E-state index contributed by atoms with van der Waals surface area (Å²) in [6.07, 6.45) is 2.18. The van der Waals surface area contributed by atoms with Crippen molar-refractivity contribution in [2.24, 2.45) is 5.41 Å². The lowest BCUT2D eigenvalue weighted by atomic mass is 9.85. The van der Waals surface area contributed by atoms with E-state index in [1.807, 2.05) is 0 Å². The highest BCUT2D eigenvalue weighted by Crippen LogP contribution is 2.47. The Morgan fingerprint density at radius 3 is 2.71 bits per heavy atom. The summed E-state index contributed by atoms with van der Waals surface area (Å²) < 4.78 is 1.15. The van der Waals surface area contributed by atoms with E-state index in [9.17, 15) is 0 Å². The predicted molar refractivity (Wildman–Crippen MR) is 93.8 cm³/mol. The van der Waals surface area contributed by atoms with Gasteiger partial charge in [0.1, 0.15) is 0 Å². The number of rotatable bonds is 3. The van der Waals surface area contributed by atoms with Crippen molar-refractivity contribution >= 4 is 21.6 Å². The Labute approximate surface area is 135 Å². The second-order valence-electron chi connectivity index (χ2n) is 6.60. The second kappa shape index (κ2) is 5.49. The maximum Gasteiger partial charge on any atom is 0.0570 e. The van der Waals surface area contributed by atoms with Gasteiger partial charge in [0, 0.05) is 10.2 Å². The molecule has 0 bridgehead atoms. The number of nitrogens with one attached hydrogen (secondary N) is 1. The summed E-state index contributed by atoms with van der Waals surface area (Å²) in [5.41, 5.74) is 5.80. The zero-order valence-corrected chi connectivity index (χ0v) is 14.5. The molecule has 2 heteroatoms. The van der Waals surface area contributed by atoms with Crippen molar-refractivity contribution in [1.82, 2.24) is 0 Å². The van der Waals surface area contributed by atoms with Crippen LogP contribution in [-0.2, 0) is 12.8 Å². The van der Waals surface area contributed by atoms with E-state index >= 15 is 0 Å². The number of hydrogen-bond donors (Lipinski definition) is 1. The van der Waals surface area contributed by atoms with Gasteiger partial charge in [-0.25, -0.2) is 0 Å². The third-order valence-electron chi connectivity index (χ3n) is 4.54. The van der Waals surface area contributed by atoms with Gasteiger partial charge < -0.3 is 5.32 Å². The highest BCUT2D eigenvalue weighted by atomic mass is 79.9. The standard InChI is InChI=1S/C19H22BrN/c1-4-13-11-15(20)9-10-17(13)21-18-16-8-6-5-7-14(16)12-19(18,2)3/h5-11,18,21H,4,12H2,1-3H3. The molecule has 1 aliphatic carbocycles. The van der Waals surface area contributed by atoms with E-state index < -0.39 is 0 Å². The van der Waals surface area contributed by atoms with Crippen LogP contribution in [0.3, 0.4) is 0 Å². The van der Waals surface area contributed by atoms with Crippen molar-refractivity contribution in [3.63, 3.8) is 0 Å². The van der Waals surface area contributed by atoms with E-state index in [1.165, 1.54) is 22.4 Å². The van der Waals surface area contributed by atoms with Crippen molar-refractivity contribution in [2.45, 2.75) is 39.7 Å². The van der Waals surface area contributed by atoms with Crippen LogP contribution in [0, 0.1) is 5.41 Å². The van der Waals surface area contributed by atoms with Crippen LogP contribution in [0.5, 0.6) is 0 Å². The summed E-state index contributed by atoms with van der Waals surface area (Å²) in [6, 6.07) is 15.7. The van der Waals surface area contributed by atoms with Crippen molar-refractivity contribution in [3.8, 4) is 0 Å². The summed E-state index contributed by atoms with van der Waals surface area (Å²) in [4.78, 5) is 0. The highest BCUT2D eigenvalue weighted by molar-refractivity contribution is 9.10. The first-order valence-electron chi connectivity index (χ1n) is 7.64. The molecule has 1 aliphatic rings. The molecule has 0 spiro atoms. The minimum Gasteiger partial charge on any atom is -0.377 e. The van der Waals surface area contributed by atoms with Crippen LogP contribution in [0.4, 0.5) is 5.69 Å². The molecule has 1 unspecified atom stereocenters. The Morgan fingerprint density at radius 1 is 1.19 bits per heavy atom. The molecular formula is C19H22BrN. The molecule has 0 fully saturated rings. The molecule has 1 atom stereocenters. The van der Waals surface area contributed by atoms with E-state index in [0.29, 0.717) is 6.04 Å². The Balaban J connectivity index is 1.97. The number of anilines is 1. The van der Waals surface area contributed by atoms with Crippen molar-refractivity contribution < 1.29 is 0 Å². The van der Waals surface area contributed by atoms with Gasteiger partial charge >= 0.3 is 0 Å². The summed E-state index contributed by atoms with van der Waals surface area (Å²) in [6.45, 7) is 6.92. The summed E-state index contributed by atoms with van der Waals surface area (Å²) >= 11 is 3.57. The number of hydrogen-bond acceptors (Lipinski definition) is 1. The Kier molecular flexibility index (Phi) is 3.83. The topological polar surface area (TPSA) is 12.0 Å². The molecule has 3 rings (SSSR count). The normalized spacial score (nSPS) is 19.3. The SMILES string of the molecule is CCc1cc(Br)ccc1NC1c2ccccc2CC1(C)C. The molecule has 1 nitrogen and oxygen atoms in total. The molecule has 0 saturated carbocycles. The molecule has 21 heavy (non-hydrogen) atoms. The molecular weight excluding hydrogens is 322 g/mol. The van der Waals surface area contributed by atoms with Crippen LogP contribution in [0.15, 0.2) is 46.9 Å². The van der Waals surface area contributed by atoms with Gasteiger partial charge in [0.05, 0.1) is 6.04 Å². The molecule has 0 heterocycles. The average molecular weight is 344 g/mol. The first kappa shape index (κ1) is 14.6. The Bertz CT molecular complexity index is 660. The van der Waals surface area contributed by atoms with Crippen LogP contribution in [0.25, 0.3) is 0 Å². The maximum absolute atomic E-state index is 3.81. The zero-order chi connectivity index (χ0) is 15.0. The summed E-state index contributed by atoms with van der Waals surface area (Å²) in [5, 5.41) is 3.81. The third kappa shape index (κ3) is 2.74. The van der Waals surface area contributed by atoms with Crippen molar-refractivity contribution in [2.75, 3.05) is 5.32 Å². The average Bonchev–Trinajstić information content (AvgIpc) is 2.71. The van der Waals surface area contributed by atoms with Crippen LogP contribution in [0.1, 0.15) is 43.5 Å². The molecule has 110 valence electrons. The number of aryl methyl sites for hydroxylation is 1. The lowest BCUT2D eigenvalue weighted by Crippen LogP contribution is -2.25. The Hall–Kier alpha value is -1.28. The van der Waals surface area contributed by atoms with E-state index in [4.69, 9.17) is 0 Å². The van der Waals surface area contributed by atoms with E-state index in [2.05, 4.69) is 84.5 Å². The van der Waals surface area contributed by atoms with Crippen molar-refractivity contribution in [1.29, 1.82) is 0 Å². The van der Waals surface area contributed by atoms with Crippen LogP contribution in [0.2, 0.25) is 0 Å². The highest BCUT2D eigenvalue weighted by Gasteiger charge is 2.38. The predicted octanol–water partition coefficient (Wildman–Crippen LogP) is 5.75. The van der Waals surface area contributed by atoms with E-state index in [-0.39, 0.29) is 5.41 Å². The van der Waals surface area contributed by atoms with Crippen LogP contribution < -0.4 is 5.32 Å². The lowest BCUT2D eigenvalue weighted by molar-refractivity contribution is 0.337. The molecule has 0 aliphatic heterocycles. The fraction of sp³-hybridized carbons (Fsp3) is 0.368. The molecule has 0 radical (unpaired) electrons. The van der Waals surface area contributed by atoms with Gasteiger partial charge in [0.25, 0.3) is 0 Å². The maximum atomic E-state index is 3.81. The third-order valence-corrected chi connectivity index (χ3v) is 5.03. The van der Waals surface area contributed by atoms with Crippen molar-refractivity contribution in [3.05, 3.63) is 63.6 Å². The van der Waals surface area contributed by atoms with E-state index in [1.54, 1.807) is 0 Å². The second-order valence-corrected chi connectivity index (χ2v) is 7.51. The van der Waals surface area contributed by atoms with Crippen LogP contribution in [-0.4, -0.2) is 0 Å². The first-order chi connectivity index (χ1) is 10.0. The number of halogens is 1. The minimum absolute atomic E-state index is 0.238. The molecule has 0 aromatic heterocycles. The quantitative estimate of drug-likeness (QED) is 0.748. The van der Waals surface area contributed by atoms with Gasteiger partial charge in [-0.3, -0.25) is 0 Å². The van der Waals surface area contributed by atoms with E-state index in [0.717, 1.165) is 17.3 Å². The fourth-order valence-corrected chi connectivity index (χ4v) is 3.82. The smallest absolute Gasteiger partial charge is 0.0570 e. The number of benzene rings is 2. The monoisotopic (exact) mass is 343 g/mol. The van der Waals surface area contributed by atoms with Gasteiger partial charge in [-0.15, -0.1) is 0 Å². The molecule has 2 aromatic rings. The van der Waals surface area contributed by atoms with Gasteiger partial charge in [-0.05, 0) is 53.1 Å². The van der Waals surface area contributed by atoms with Gasteiger partial charge in [-0.2, -0.15) is 0 Å². The molecule has 0 amide bonds. The minimum atomic E-state index is 0.238. The number of fused-ring (bicyclic) bond motifs is 1.